The number of carbonyl (C=O) groups excluding carboxylic acids is 2. The number of thiazole rings is 1. The van der Waals surface area contributed by atoms with Crippen molar-refractivity contribution in [2.75, 3.05) is 11.9 Å². The number of nitrogens with zero attached hydrogens (tertiary/aromatic N) is 1. The van der Waals surface area contributed by atoms with E-state index in [4.69, 9.17) is 0 Å². The summed E-state index contributed by atoms with van der Waals surface area (Å²) in [5.74, 6) is -0.907. The van der Waals surface area contributed by atoms with Gasteiger partial charge in [0, 0.05) is 4.88 Å². The molecule has 1 aliphatic rings. The Balaban J connectivity index is 1.54. The van der Waals surface area contributed by atoms with Gasteiger partial charge in [-0.15, -0.1) is 11.3 Å². The lowest BCUT2D eigenvalue weighted by molar-refractivity contribution is -0.115. The lowest BCUT2D eigenvalue weighted by atomic mass is 9.89. The monoisotopic (exact) mass is 361 g/mol. The van der Waals surface area contributed by atoms with E-state index in [0.29, 0.717) is 11.0 Å². The van der Waals surface area contributed by atoms with Crippen LogP contribution in [0.2, 0.25) is 0 Å². The minimum atomic E-state index is -0.613. The number of amides is 2. The van der Waals surface area contributed by atoms with Crippen molar-refractivity contribution in [3.05, 3.63) is 46.2 Å². The fraction of sp³-hybridized carbons (Fsp3) is 0.389. The Bertz CT molecular complexity index is 790. The first-order valence-electron chi connectivity index (χ1n) is 8.38. The zero-order valence-electron chi connectivity index (χ0n) is 14.0. The SMILES string of the molecule is CCC1CCc2nc(NC(=O)CNC(=O)c3ccccc3F)sc2C1. The van der Waals surface area contributed by atoms with Gasteiger partial charge in [0.15, 0.2) is 5.13 Å². The highest BCUT2D eigenvalue weighted by Gasteiger charge is 2.22. The van der Waals surface area contributed by atoms with Crippen molar-refractivity contribution in [1.29, 1.82) is 0 Å². The molecule has 2 amide bonds. The van der Waals surface area contributed by atoms with E-state index in [9.17, 15) is 14.0 Å². The molecular weight excluding hydrogens is 341 g/mol. The Labute approximate surface area is 149 Å². The number of fused-ring (bicyclic) bond motifs is 1. The summed E-state index contributed by atoms with van der Waals surface area (Å²) in [6.45, 7) is 1.96. The first-order chi connectivity index (χ1) is 12.1. The van der Waals surface area contributed by atoms with Gasteiger partial charge in [0.05, 0.1) is 17.8 Å². The largest absolute Gasteiger partial charge is 0.343 e. The maximum atomic E-state index is 13.5. The molecule has 1 unspecified atom stereocenters. The van der Waals surface area contributed by atoms with Crippen molar-refractivity contribution in [1.82, 2.24) is 10.3 Å². The highest BCUT2D eigenvalue weighted by molar-refractivity contribution is 7.15. The van der Waals surface area contributed by atoms with Crippen LogP contribution in [-0.2, 0) is 17.6 Å². The maximum Gasteiger partial charge on any atom is 0.254 e. The average molecular weight is 361 g/mol. The van der Waals surface area contributed by atoms with Gasteiger partial charge >= 0.3 is 0 Å². The van der Waals surface area contributed by atoms with E-state index in [0.717, 1.165) is 31.4 Å². The van der Waals surface area contributed by atoms with Gasteiger partial charge in [-0.1, -0.05) is 25.5 Å². The van der Waals surface area contributed by atoms with Crippen LogP contribution >= 0.6 is 11.3 Å². The lowest BCUT2D eigenvalue weighted by Gasteiger charge is -2.18. The number of anilines is 1. The van der Waals surface area contributed by atoms with Crippen molar-refractivity contribution in [2.45, 2.75) is 32.6 Å². The highest BCUT2D eigenvalue weighted by atomic mass is 32.1. The minimum Gasteiger partial charge on any atom is -0.343 e. The Morgan fingerprint density at radius 1 is 1.36 bits per heavy atom. The van der Waals surface area contributed by atoms with Crippen LogP contribution in [0, 0.1) is 11.7 Å². The molecule has 7 heteroatoms. The third kappa shape index (κ3) is 4.22. The van der Waals surface area contributed by atoms with Gasteiger partial charge in [-0.3, -0.25) is 9.59 Å². The highest BCUT2D eigenvalue weighted by Crippen LogP contribution is 2.33. The summed E-state index contributed by atoms with van der Waals surface area (Å²) in [7, 11) is 0. The molecule has 25 heavy (non-hydrogen) atoms. The molecule has 1 aromatic carbocycles. The van der Waals surface area contributed by atoms with Crippen LogP contribution in [0.3, 0.4) is 0 Å². The molecule has 3 rings (SSSR count). The van der Waals surface area contributed by atoms with Gasteiger partial charge in [0.25, 0.3) is 5.91 Å². The molecule has 0 saturated carbocycles. The summed E-state index contributed by atoms with van der Waals surface area (Å²) in [6.07, 6.45) is 4.26. The first kappa shape index (κ1) is 17.5. The standard InChI is InChI=1S/C18H20FN3O2S/c1-2-11-7-8-14-15(9-11)25-18(21-14)22-16(23)10-20-17(24)12-5-3-4-6-13(12)19/h3-6,11H,2,7-10H2,1H3,(H,20,24)(H,21,22,23). The normalized spacial score (nSPS) is 16.2. The first-order valence-corrected chi connectivity index (χ1v) is 9.19. The van der Waals surface area contributed by atoms with Crippen LogP contribution in [0.4, 0.5) is 9.52 Å². The molecule has 0 saturated heterocycles. The Morgan fingerprint density at radius 2 is 2.16 bits per heavy atom. The number of hydrogen-bond donors (Lipinski definition) is 2. The molecule has 0 spiro atoms. The molecule has 1 aromatic heterocycles. The van der Waals surface area contributed by atoms with Gasteiger partial charge in [0.2, 0.25) is 5.91 Å². The van der Waals surface area contributed by atoms with E-state index in [2.05, 4.69) is 22.5 Å². The van der Waals surface area contributed by atoms with Crippen LogP contribution in [0.25, 0.3) is 0 Å². The second-order valence-corrected chi connectivity index (χ2v) is 7.20. The van der Waals surface area contributed by atoms with E-state index in [-0.39, 0.29) is 18.0 Å². The Hall–Kier alpha value is -2.28. The Kier molecular flexibility index (Phi) is 5.43. The van der Waals surface area contributed by atoms with Crippen molar-refractivity contribution >= 4 is 28.3 Å². The molecule has 1 aliphatic carbocycles. The summed E-state index contributed by atoms with van der Waals surface area (Å²) in [6, 6.07) is 5.66. The molecule has 0 bridgehead atoms. The topological polar surface area (TPSA) is 71.1 Å². The molecule has 1 heterocycles. The molecule has 1 atom stereocenters. The summed E-state index contributed by atoms with van der Waals surface area (Å²) in [5.41, 5.74) is 0.992. The summed E-state index contributed by atoms with van der Waals surface area (Å²) < 4.78 is 13.5. The number of nitrogens with one attached hydrogen (secondary N) is 2. The molecule has 0 aliphatic heterocycles. The average Bonchev–Trinajstić information content (AvgIpc) is 3.01. The third-order valence-electron chi connectivity index (χ3n) is 4.39. The van der Waals surface area contributed by atoms with E-state index in [1.807, 2.05) is 0 Å². The predicted octanol–water partition coefficient (Wildman–Crippen LogP) is 3.17. The second kappa shape index (κ2) is 7.74. The van der Waals surface area contributed by atoms with Crippen LogP contribution in [0.1, 0.15) is 40.7 Å². The second-order valence-electron chi connectivity index (χ2n) is 6.12. The van der Waals surface area contributed by atoms with E-state index in [1.165, 1.54) is 34.4 Å². The molecule has 0 fully saturated rings. The quantitative estimate of drug-likeness (QED) is 0.859. The van der Waals surface area contributed by atoms with Crippen molar-refractivity contribution in [3.8, 4) is 0 Å². The van der Waals surface area contributed by atoms with Crippen LogP contribution < -0.4 is 10.6 Å². The maximum absolute atomic E-state index is 13.5. The molecule has 2 aromatic rings. The smallest absolute Gasteiger partial charge is 0.254 e. The van der Waals surface area contributed by atoms with Crippen LogP contribution in [-0.4, -0.2) is 23.3 Å². The zero-order valence-corrected chi connectivity index (χ0v) is 14.8. The van der Waals surface area contributed by atoms with E-state index in [1.54, 1.807) is 6.07 Å². The number of aryl methyl sites for hydroxylation is 1. The van der Waals surface area contributed by atoms with Crippen LogP contribution in [0.5, 0.6) is 0 Å². The zero-order chi connectivity index (χ0) is 17.8. The van der Waals surface area contributed by atoms with Gasteiger partial charge in [-0.05, 0) is 37.3 Å². The van der Waals surface area contributed by atoms with E-state index >= 15 is 0 Å². The van der Waals surface area contributed by atoms with Crippen LogP contribution in [0.15, 0.2) is 24.3 Å². The number of rotatable bonds is 5. The van der Waals surface area contributed by atoms with Gasteiger partial charge in [-0.25, -0.2) is 9.37 Å². The molecule has 5 nitrogen and oxygen atoms in total. The number of hydrogen-bond acceptors (Lipinski definition) is 4. The number of carbonyl (C=O) groups is 2. The Morgan fingerprint density at radius 3 is 2.92 bits per heavy atom. The molecule has 132 valence electrons. The number of aromatic nitrogens is 1. The minimum absolute atomic E-state index is 0.0781. The lowest BCUT2D eigenvalue weighted by Crippen LogP contribution is -2.33. The number of halogens is 1. The summed E-state index contributed by atoms with van der Waals surface area (Å²) in [5, 5.41) is 5.70. The molecular formula is C18H20FN3O2S. The van der Waals surface area contributed by atoms with Crippen molar-refractivity contribution < 1.29 is 14.0 Å². The number of benzene rings is 1. The van der Waals surface area contributed by atoms with Gasteiger partial charge in [0.1, 0.15) is 5.82 Å². The summed E-state index contributed by atoms with van der Waals surface area (Å²) >= 11 is 1.50. The van der Waals surface area contributed by atoms with Gasteiger partial charge in [-0.2, -0.15) is 0 Å². The third-order valence-corrected chi connectivity index (χ3v) is 5.43. The molecule has 0 radical (unpaired) electrons. The fourth-order valence-corrected chi connectivity index (χ4v) is 4.05. The molecule has 2 N–H and O–H groups in total. The van der Waals surface area contributed by atoms with E-state index < -0.39 is 11.7 Å². The summed E-state index contributed by atoms with van der Waals surface area (Å²) in [4.78, 5) is 29.6. The predicted molar refractivity (Wildman–Crippen MR) is 95.3 cm³/mol. The fourth-order valence-electron chi connectivity index (χ4n) is 2.91. The van der Waals surface area contributed by atoms with Crippen molar-refractivity contribution in [3.63, 3.8) is 0 Å². The van der Waals surface area contributed by atoms with Gasteiger partial charge < -0.3 is 10.6 Å². The van der Waals surface area contributed by atoms with Crippen molar-refractivity contribution in [2.24, 2.45) is 5.92 Å².